The molecular formula is C12H11F3N2O3. The van der Waals surface area contributed by atoms with Gasteiger partial charge in [0.2, 0.25) is 0 Å². The van der Waals surface area contributed by atoms with Crippen LogP contribution >= 0.6 is 0 Å². The first-order valence-corrected chi connectivity index (χ1v) is 5.89. The zero-order chi connectivity index (χ0) is 14.9. The van der Waals surface area contributed by atoms with Gasteiger partial charge in [0.05, 0.1) is 4.92 Å². The number of nitrogens with zero attached hydrogens (tertiary/aromatic N) is 2. The van der Waals surface area contributed by atoms with Gasteiger partial charge in [0, 0.05) is 29.4 Å². The summed E-state index contributed by atoms with van der Waals surface area (Å²) in [5, 5.41) is 10.6. The van der Waals surface area contributed by atoms with Crippen LogP contribution in [0, 0.1) is 10.1 Å². The molecule has 8 heteroatoms. The third-order valence-electron chi connectivity index (χ3n) is 3.00. The minimum absolute atomic E-state index is 0.0884. The topological polar surface area (TPSA) is 63.4 Å². The molecule has 0 N–H and O–H groups in total. The fourth-order valence-electron chi connectivity index (χ4n) is 2.00. The molecule has 1 aromatic carbocycles. The highest BCUT2D eigenvalue weighted by Gasteiger charge is 2.39. The van der Waals surface area contributed by atoms with Gasteiger partial charge in [-0.25, -0.2) is 0 Å². The Morgan fingerprint density at radius 3 is 2.50 bits per heavy atom. The first-order valence-electron chi connectivity index (χ1n) is 5.89. The lowest BCUT2D eigenvalue weighted by atomic mass is 10.1. The van der Waals surface area contributed by atoms with Crippen LogP contribution in [0.3, 0.4) is 0 Å². The highest BCUT2D eigenvalue weighted by atomic mass is 19.4. The van der Waals surface area contributed by atoms with Crippen molar-refractivity contribution in [3.63, 3.8) is 0 Å². The summed E-state index contributed by atoms with van der Waals surface area (Å²) < 4.78 is 37.8. The van der Waals surface area contributed by atoms with Crippen LogP contribution in [0.1, 0.15) is 23.2 Å². The maximum Gasteiger partial charge on any atom is 0.405 e. The van der Waals surface area contributed by atoms with Gasteiger partial charge in [-0.15, -0.1) is 0 Å². The second-order valence-electron chi connectivity index (χ2n) is 4.59. The zero-order valence-electron chi connectivity index (χ0n) is 10.3. The molecule has 0 bridgehead atoms. The van der Waals surface area contributed by atoms with E-state index in [1.54, 1.807) is 0 Å². The molecule has 0 radical (unpaired) electrons. The quantitative estimate of drug-likeness (QED) is 0.475. The van der Waals surface area contributed by atoms with Crippen molar-refractivity contribution < 1.29 is 22.9 Å². The van der Waals surface area contributed by atoms with E-state index in [0.717, 1.165) is 17.0 Å². The summed E-state index contributed by atoms with van der Waals surface area (Å²) in [7, 11) is 0. The van der Waals surface area contributed by atoms with Crippen LogP contribution in [-0.4, -0.2) is 30.0 Å². The van der Waals surface area contributed by atoms with Gasteiger partial charge in [-0.3, -0.25) is 14.9 Å². The van der Waals surface area contributed by atoms with E-state index < -0.39 is 17.6 Å². The molecule has 108 valence electrons. The summed E-state index contributed by atoms with van der Waals surface area (Å²) in [5.41, 5.74) is -0.334. The Morgan fingerprint density at radius 2 is 2.05 bits per heavy atom. The number of hydrogen-bond donors (Lipinski definition) is 0. The Morgan fingerprint density at radius 1 is 1.40 bits per heavy atom. The molecule has 0 aromatic heterocycles. The largest absolute Gasteiger partial charge is 0.405 e. The Hall–Kier alpha value is -2.12. The second-order valence-corrected chi connectivity index (χ2v) is 4.59. The molecule has 0 heterocycles. The maximum absolute atomic E-state index is 12.6. The summed E-state index contributed by atoms with van der Waals surface area (Å²) in [6.07, 6.45) is -2.82. The number of carbonyl (C=O) groups excluding carboxylic acids is 1. The Labute approximate surface area is 112 Å². The molecule has 0 unspecified atom stereocenters. The van der Waals surface area contributed by atoms with Gasteiger partial charge in [-0.2, -0.15) is 13.2 Å². The van der Waals surface area contributed by atoms with Gasteiger partial charge in [-0.05, 0) is 18.9 Å². The minimum atomic E-state index is -4.40. The standard InChI is InChI=1S/C12H11F3N2O3/c13-12(14,15)7-16(9-1-2-9)11-4-3-10(17(19)20)5-8(11)6-18/h3-6,9H,1-2,7H2. The van der Waals surface area contributed by atoms with Crippen LogP contribution in [0.2, 0.25) is 0 Å². The van der Waals surface area contributed by atoms with Gasteiger partial charge in [-0.1, -0.05) is 0 Å². The fraction of sp³-hybridized carbons (Fsp3) is 0.417. The number of carbonyl (C=O) groups is 1. The smallest absolute Gasteiger partial charge is 0.359 e. The number of benzene rings is 1. The third kappa shape index (κ3) is 3.25. The van der Waals surface area contributed by atoms with E-state index in [0.29, 0.717) is 19.1 Å². The normalized spacial score (nSPS) is 14.9. The number of aldehydes is 1. The van der Waals surface area contributed by atoms with Gasteiger partial charge in [0.15, 0.2) is 6.29 Å². The van der Waals surface area contributed by atoms with E-state index in [1.165, 1.54) is 6.07 Å². The van der Waals surface area contributed by atoms with Gasteiger partial charge in [0.25, 0.3) is 5.69 Å². The minimum Gasteiger partial charge on any atom is -0.359 e. The van der Waals surface area contributed by atoms with Gasteiger partial charge >= 0.3 is 6.18 Å². The average Bonchev–Trinajstić information content (AvgIpc) is 3.18. The van der Waals surface area contributed by atoms with Gasteiger partial charge in [0.1, 0.15) is 6.54 Å². The van der Waals surface area contributed by atoms with E-state index in [2.05, 4.69) is 0 Å². The molecule has 1 aliphatic rings. The molecule has 0 spiro atoms. The van der Waals surface area contributed by atoms with Crippen LogP contribution in [0.4, 0.5) is 24.5 Å². The van der Waals surface area contributed by atoms with Crippen molar-refractivity contribution in [2.24, 2.45) is 0 Å². The predicted octanol–water partition coefficient (Wildman–Crippen LogP) is 2.94. The predicted molar refractivity (Wildman–Crippen MR) is 64.9 cm³/mol. The molecule has 0 aliphatic heterocycles. The fourth-order valence-corrected chi connectivity index (χ4v) is 2.00. The van der Waals surface area contributed by atoms with Crippen LogP contribution in [0.5, 0.6) is 0 Å². The maximum atomic E-state index is 12.6. The zero-order valence-corrected chi connectivity index (χ0v) is 10.3. The van der Waals surface area contributed by atoms with Crippen LogP contribution in [0.25, 0.3) is 0 Å². The molecule has 20 heavy (non-hydrogen) atoms. The first kappa shape index (κ1) is 14.3. The number of nitro benzene ring substituents is 1. The molecule has 2 rings (SSSR count). The SMILES string of the molecule is O=Cc1cc([N+](=O)[O-])ccc1N(CC(F)(F)F)C1CC1. The van der Waals surface area contributed by atoms with Crippen molar-refractivity contribution in [2.45, 2.75) is 25.1 Å². The van der Waals surface area contributed by atoms with Crippen molar-refractivity contribution >= 4 is 17.7 Å². The van der Waals surface area contributed by atoms with Crippen molar-refractivity contribution in [3.05, 3.63) is 33.9 Å². The molecule has 1 fully saturated rings. The molecule has 0 atom stereocenters. The van der Waals surface area contributed by atoms with Crippen molar-refractivity contribution in [3.8, 4) is 0 Å². The average molecular weight is 288 g/mol. The highest BCUT2D eigenvalue weighted by Crippen LogP contribution is 2.36. The Balaban J connectivity index is 2.37. The molecule has 1 aliphatic carbocycles. The Bertz CT molecular complexity index is 541. The van der Waals surface area contributed by atoms with Crippen LogP contribution in [0.15, 0.2) is 18.2 Å². The molecule has 1 aromatic rings. The second kappa shape index (κ2) is 5.10. The van der Waals surface area contributed by atoms with E-state index in [1.807, 2.05) is 0 Å². The van der Waals surface area contributed by atoms with Crippen molar-refractivity contribution in [1.29, 1.82) is 0 Å². The molecule has 0 amide bonds. The van der Waals surface area contributed by atoms with Crippen LogP contribution < -0.4 is 4.90 Å². The number of non-ortho nitro benzene ring substituents is 1. The lowest BCUT2D eigenvalue weighted by molar-refractivity contribution is -0.384. The van der Waals surface area contributed by atoms with E-state index >= 15 is 0 Å². The Kier molecular flexibility index (Phi) is 3.65. The number of hydrogen-bond acceptors (Lipinski definition) is 4. The van der Waals surface area contributed by atoms with Crippen molar-refractivity contribution in [1.82, 2.24) is 0 Å². The summed E-state index contributed by atoms with van der Waals surface area (Å²) >= 11 is 0. The van der Waals surface area contributed by atoms with E-state index in [-0.39, 0.29) is 23.0 Å². The molecular weight excluding hydrogens is 277 g/mol. The number of halogens is 3. The lowest BCUT2D eigenvalue weighted by Crippen LogP contribution is -2.36. The number of alkyl halides is 3. The number of nitro groups is 1. The molecule has 1 saturated carbocycles. The van der Waals surface area contributed by atoms with E-state index in [4.69, 9.17) is 0 Å². The summed E-state index contributed by atoms with van der Waals surface area (Å²) in [6.45, 7) is -1.17. The third-order valence-corrected chi connectivity index (χ3v) is 3.00. The summed E-state index contributed by atoms with van der Waals surface area (Å²) in [4.78, 5) is 22.0. The highest BCUT2D eigenvalue weighted by molar-refractivity contribution is 5.86. The first-order chi connectivity index (χ1) is 9.31. The summed E-state index contributed by atoms with van der Waals surface area (Å²) in [6, 6.07) is 3.03. The number of rotatable bonds is 5. The van der Waals surface area contributed by atoms with Crippen molar-refractivity contribution in [2.75, 3.05) is 11.4 Å². The van der Waals surface area contributed by atoms with Gasteiger partial charge < -0.3 is 4.90 Å². The monoisotopic (exact) mass is 288 g/mol. The van der Waals surface area contributed by atoms with Crippen LogP contribution in [-0.2, 0) is 0 Å². The summed E-state index contributed by atoms with van der Waals surface area (Å²) in [5.74, 6) is 0. The molecule has 0 saturated heterocycles. The number of anilines is 1. The van der Waals surface area contributed by atoms with E-state index in [9.17, 15) is 28.1 Å². The molecule has 5 nitrogen and oxygen atoms in total. The lowest BCUT2D eigenvalue weighted by Gasteiger charge is -2.26.